The average Bonchev–Trinajstić information content (AvgIpc) is 2.38. The van der Waals surface area contributed by atoms with Gasteiger partial charge in [0.2, 0.25) is 0 Å². The molecular formula is C16H18BrNO. The highest BCUT2D eigenvalue weighted by Gasteiger charge is 2.11. The molecule has 0 aliphatic rings. The van der Waals surface area contributed by atoms with Crippen molar-refractivity contribution < 1.29 is 4.74 Å². The number of methoxy groups -OCH3 is 1. The number of halogens is 1. The van der Waals surface area contributed by atoms with E-state index < -0.39 is 0 Å². The highest BCUT2D eigenvalue weighted by molar-refractivity contribution is 9.10. The largest absolute Gasteiger partial charge is 0.382 e. The highest BCUT2D eigenvalue weighted by atomic mass is 79.9. The Labute approximate surface area is 122 Å². The molecule has 0 amide bonds. The molecule has 100 valence electrons. The molecule has 2 aromatic rings. The molecule has 1 atom stereocenters. The molecule has 0 saturated carbocycles. The van der Waals surface area contributed by atoms with Gasteiger partial charge in [-0.3, -0.25) is 0 Å². The minimum atomic E-state index is 0.153. The first-order valence-corrected chi connectivity index (χ1v) is 7.06. The minimum absolute atomic E-state index is 0.153. The van der Waals surface area contributed by atoms with Gasteiger partial charge in [-0.25, -0.2) is 0 Å². The fraction of sp³-hybridized carbons (Fsp3) is 0.250. The second-order valence-corrected chi connectivity index (χ2v) is 5.50. The standard InChI is InChI=1S/C16H18BrNO/c1-12-8-14(17)10-15(9-12)18-16(11-19-2)13-6-4-3-5-7-13/h3-10,16,18H,11H2,1-2H3. The van der Waals surface area contributed by atoms with Gasteiger partial charge in [0.1, 0.15) is 0 Å². The predicted octanol–water partition coefficient (Wildman–Crippen LogP) is 4.56. The van der Waals surface area contributed by atoms with Crippen molar-refractivity contribution in [2.24, 2.45) is 0 Å². The number of hydrogen-bond acceptors (Lipinski definition) is 2. The van der Waals surface area contributed by atoms with Gasteiger partial charge in [0.05, 0.1) is 12.6 Å². The lowest BCUT2D eigenvalue weighted by atomic mass is 10.1. The van der Waals surface area contributed by atoms with Gasteiger partial charge < -0.3 is 10.1 Å². The van der Waals surface area contributed by atoms with E-state index in [1.165, 1.54) is 11.1 Å². The van der Waals surface area contributed by atoms with Gasteiger partial charge in [0.25, 0.3) is 0 Å². The van der Waals surface area contributed by atoms with Crippen LogP contribution in [0, 0.1) is 6.92 Å². The Kier molecular flexibility index (Phi) is 5.00. The van der Waals surface area contributed by atoms with Gasteiger partial charge in [-0.05, 0) is 36.2 Å². The topological polar surface area (TPSA) is 21.3 Å². The molecule has 2 nitrogen and oxygen atoms in total. The average molecular weight is 320 g/mol. The van der Waals surface area contributed by atoms with Crippen LogP contribution in [-0.2, 0) is 4.74 Å². The number of anilines is 1. The summed E-state index contributed by atoms with van der Waals surface area (Å²) < 4.78 is 6.40. The first kappa shape index (κ1) is 14.1. The summed E-state index contributed by atoms with van der Waals surface area (Å²) >= 11 is 3.53. The third-order valence-corrected chi connectivity index (χ3v) is 3.38. The quantitative estimate of drug-likeness (QED) is 0.872. The van der Waals surface area contributed by atoms with E-state index in [0.717, 1.165) is 10.2 Å². The van der Waals surface area contributed by atoms with Gasteiger partial charge in [-0.2, -0.15) is 0 Å². The second-order valence-electron chi connectivity index (χ2n) is 4.58. The zero-order chi connectivity index (χ0) is 13.7. The van der Waals surface area contributed by atoms with Crippen LogP contribution >= 0.6 is 15.9 Å². The SMILES string of the molecule is COCC(Nc1cc(C)cc(Br)c1)c1ccccc1. The van der Waals surface area contributed by atoms with Crippen molar-refractivity contribution in [1.82, 2.24) is 0 Å². The van der Waals surface area contributed by atoms with Crippen molar-refractivity contribution in [2.45, 2.75) is 13.0 Å². The monoisotopic (exact) mass is 319 g/mol. The van der Waals surface area contributed by atoms with E-state index in [1.807, 2.05) is 18.2 Å². The smallest absolute Gasteiger partial charge is 0.0747 e. The zero-order valence-corrected chi connectivity index (χ0v) is 12.8. The summed E-state index contributed by atoms with van der Waals surface area (Å²) in [7, 11) is 1.73. The van der Waals surface area contributed by atoms with E-state index in [-0.39, 0.29) is 6.04 Å². The third-order valence-electron chi connectivity index (χ3n) is 2.92. The Hall–Kier alpha value is -1.32. The predicted molar refractivity (Wildman–Crippen MR) is 83.6 cm³/mol. The number of aryl methyl sites for hydroxylation is 1. The van der Waals surface area contributed by atoms with E-state index in [1.54, 1.807) is 7.11 Å². The molecule has 2 rings (SSSR count). The van der Waals surface area contributed by atoms with Crippen LogP contribution in [0.2, 0.25) is 0 Å². The summed E-state index contributed by atoms with van der Waals surface area (Å²) in [5, 5.41) is 3.52. The number of nitrogens with one attached hydrogen (secondary N) is 1. The van der Waals surface area contributed by atoms with Crippen LogP contribution < -0.4 is 5.32 Å². The summed E-state index contributed by atoms with van der Waals surface area (Å²) in [6.45, 7) is 2.72. The van der Waals surface area contributed by atoms with Crippen molar-refractivity contribution in [3.8, 4) is 0 Å². The van der Waals surface area contributed by atoms with E-state index in [9.17, 15) is 0 Å². The molecule has 0 radical (unpaired) electrons. The molecule has 0 fully saturated rings. The van der Waals surface area contributed by atoms with E-state index in [2.05, 4.69) is 58.5 Å². The van der Waals surface area contributed by atoms with Crippen molar-refractivity contribution in [3.05, 3.63) is 64.1 Å². The molecular weight excluding hydrogens is 302 g/mol. The second kappa shape index (κ2) is 6.73. The molecule has 0 heterocycles. The number of rotatable bonds is 5. The van der Waals surface area contributed by atoms with Crippen LogP contribution in [0.25, 0.3) is 0 Å². The lowest BCUT2D eigenvalue weighted by Gasteiger charge is -2.20. The Morgan fingerprint density at radius 1 is 1.16 bits per heavy atom. The fourth-order valence-corrected chi connectivity index (χ4v) is 2.70. The number of benzene rings is 2. The molecule has 1 unspecified atom stereocenters. The van der Waals surface area contributed by atoms with Crippen LogP contribution in [-0.4, -0.2) is 13.7 Å². The molecule has 3 heteroatoms. The molecule has 2 aromatic carbocycles. The lowest BCUT2D eigenvalue weighted by molar-refractivity contribution is 0.186. The molecule has 0 aromatic heterocycles. The van der Waals surface area contributed by atoms with Crippen molar-refractivity contribution >= 4 is 21.6 Å². The third kappa shape index (κ3) is 4.08. The maximum Gasteiger partial charge on any atom is 0.0747 e. The van der Waals surface area contributed by atoms with Gasteiger partial charge in [0, 0.05) is 17.3 Å². The van der Waals surface area contributed by atoms with Crippen LogP contribution in [0.15, 0.2) is 53.0 Å². The van der Waals surface area contributed by atoms with Gasteiger partial charge in [0.15, 0.2) is 0 Å². The van der Waals surface area contributed by atoms with Gasteiger partial charge >= 0.3 is 0 Å². The lowest BCUT2D eigenvalue weighted by Crippen LogP contribution is -2.16. The number of hydrogen-bond donors (Lipinski definition) is 1. The molecule has 0 saturated heterocycles. The molecule has 1 N–H and O–H groups in total. The summed E-state index contributed by atoms with van der Waals surface area (Å²) in [5.74, 6) is 0. The fourth-order valence-electron chi connectivity index (χ4n) is 2.09. The van der Waals surface area contributed by atoms with E-state index >= 15 is 0 Å². The van der Waals surface area contributed by atoms with Crippen LogP contribution in [0.5, 0.6) is 0 Å². The zero-order valence-electron chi connectivity index (χ0n) is 11.2. The summed E-state index contributed by atoms with van der Waals surface area (Å²) in [4.78, 5) is 0. The minimum Gasteiger partial charge on any atom is -0.382 e. The Morgan fingerprint density at radius 3 is 2.53 bits per heavy atom. The van der Waals surface area contributed by atoms with Gasteiger partial charge in [-0.1, -0.05) is 46.3 Å². The Bertz CT molecular complexity index is 507. The van der Waals surface area contributed by atoms with E-state index in [4.69, 9.17) is 4.74 Å². The van der Waals surface area contributed by atoms with Crippen LogP contribution in [0.1, 0.15) is 17.2 Å². The highest BCUT2D eigenvalue weighted by Crippen LogP contribution is 2.24. The molecule has 0 spiro atoms. The maximum atomic E-state index is 5.32. The Balaban J connectivity index is 2.21. The van der Waals surface area contributed by atoms with E-state index in [0.29, 0.717) is 6.61 Å². The maximum absolute atomic E-state index is 5.32. The van der Waals surface area contributed by atoms with Crippen molar-refractivity contribution in [1.29, 1.82) is 0 Å². The van der Waals surface area contributed by atoms with Crippen LogP contribution in [0.4, 0.5) is 5.69 Å². The molecule has 0 aliphatic heterocycles. The summed E-state index contributed by atoms with van der Waals surface area (Å²) in [6, 6.07) is 16.8. The first-order valence-electron chi connectivity index (χ1n) is 6.26. The molecule has 0 bridgehead atoms. The normalized spacial score (nSPS) is 12.2. The van der Waals surface area contributed by atoms with Crippen LogP contribution in [0.3, 0.4) is 0 Å². The van der Waals surface area contributed by atoms with Crippen molar-refractivity contribution in [3.63, 3.8) is 0 Å². The Morgan fingerprint density at radius 2 is 1.89 bits per heavy atom. The van der Waals surface area contributed by atoms with Crippen molar-refractivity contribution in [2.75, 3.05) is 19.0 Å². The van der Waals surface area contributed by atoms with Gasteiger partial charge in [-0.15, -0.1) is 0 Å². The molecule has 19 heavy (non-hydrogen) atoms. The summed E-state index contributed by atoms with van der Waals surface area (Å²) in [5.41, 5.74) is 3.54. The molecule has 0 aliphatic carbocycles. The number of ether oxygens (including phenoxy) is 1. The first-order chi connectivity index (χ1) is 9.19. The summed E-state index contributed by atoms with van der Waals surface area (Å²) in [6.07, 6.45) is 0.